The number of carbonyl (C=O) groups excluding carboxylic acids is 1. The van der Waals surface area contributed by atoms with Crippen molar-refractivity contribution >= 4 is 5.91 Å². The van der Waals surface area contributed by atoms with Crippen molar-refractivity contribution < 1.29 is 23.0 Å². The van der Waals surface area contributed by atoms with E-state index in [-0.39, 0.29) is 6.54 Å². The molecule has 0 aliphatic carbocycles. The predicted octanol–water partition coefficient (Wildman–Crippen LogP) is 1.07. The Morgan fingerprint density at radius 2 is 2.10 bits per heavy atom. The molecule has 1 aromatic rings. The quantitative estimate of drug-likeness (QED) is 0.876. The summed E-state index contributed by atoms with van der Waals surface area (Å²) < 4.78 is 36.9. The van der Waals surface area contributed by atoms with Crippen LogP contribution in [0.5, 0.6) is 11.5 Å². The molecule has 0 radical (unpaired) electrons. The zero-order chi connectivity index (χ0) is 14.9. The number of hydrogen-bond acceptors (Lipinski definition) is 4. The Labute approximate surface area is 120 Å². The molecule has 0 saturated carbocycles. The highest BCUT2D eigenvalue weighted by atomic mass is 19.3. The number of nitrogens with one attached hydrogen (secondary N) is 2. The van der Waals surface area contributed by atoms with E-state index in [9.17, 15) is 13.6 Å². The van der Waals surface area contributed by atoms with Crippen molar-refractivity contribution in [3.05, 3.63) is 23.8 Å². The summed E-state index contributed by atoms with van der Waals surface area (Å²) in [4.78, 5) is 11.8. The van der Waals surface area contributed by atoms with E-state index in [0.29, 0.717) is 24.7 Å². The summed E-state index contributed by atoms with van der Waals surface area (Å²) in [6.45, 7) is 0.822. The van der Waals surface area contributed by atoms with Crippen molar-refractivity contribution in [2.24, 2.45) is 0 Å². The Morgan fingerprint density at radius 3 is 2.81 bits per heavy atom. The maximum absolute atomic E-state index is 13.0. The third-order valence-electron chi connectivity index (χ3n) is 3.50. The van der Waals surface area contributed by atoms with Gasteiger partial charge in [0.25, 0.3) is 5.92 Å². The molecule has 0 bridgehead atoms. The summed E-state index contributed by atoms with van der Waals surface area (Å²) in [5.74, 6) is -1.91. The van der Waals surface area contributed by atoms with Gasteiger partial charge >= 0.3 is 0 Å². The van der Waals surface area contributed by atoms with Crippen molar-refractivity contribution in [3.63, 3.8) is 0 Å². The lowest BCUT2D eigenvalue weighted by molar-refractivity contribution is -0.123. The van der Waals surface area contributed by atoms with Gasteiger partial charge in [0.2, 0.25) is 5.91 Å². The fourth-order valence-corrected chi connectivity index (χ4v) is 2.41. The first-order chi connectivity index (χ1) is 10.0. The van der Waals surface area contributed by atoms with Crippen molar-refractivity contribution in [2.75, 3.05) is 19.8 Å². The highest BCUT2D eigenvalue weighted by Gasteiger charge is 2.42. The molecule has 1 saturated heterocycles. The smallest absolute Gasteiger partial charge is 0.262 e. The maximum atomic E-state index is 13.0. The number of alkyl halides is 2. The first-order valence-electron chi connectivity index (χ1n) is 6.81. The number of hydrogen-bond donors (Lipinski definition) is 2. The van der Waals surface area contributed by atoms with Gasteiger partial charge in [-0.1, -0.05) is 6.07 Å². The molecule has 2 aliphatic heterocycles. The van der Waals surface area contributed by atoms with Gasteiger partial charge in [0.05, 0.1) is 12.6 Å². The van der Waals surface area contributed by atoms with Gasteiger partial charge in [0.15, 0.2) is 11.5 Å². The fraction of sp³-hybridized carbons (Fsp3) is 0.500. The summed E-state index contributed by atoms with van der Waals surface area (Å²) >= 11 is 0. The van der Waals surface area contributed by atoms with Gasteiger partial charge in [0.1, 0.15) is 13.2 Å². The van der Waals surface area contributed by atoms with E-state index in [1.807, 2.05) is 6.07 Å². The lowest BCUT2D eigenvalue weighted by atomic mass is 10.1. The lowest BCUT2D eigenvalue weighted by Gasteiger charge is -2.19. The first-order valence-corrected chi connectivity index (χ1v) is 6.81. The monoisotopic (exact) mass is 298 g/mol. The molecule has 114 valence electrons. The van der Waals surface area contributed by atoms with E-state index in [1.54, 1.807) is 12.1 Å². The van der Waals surface area contributed by atoms with Gasteiger partial charge < -0.3 is 14.8 Å². The third-order valence-corrected chi connectivity index (χ3v) is 3.50. The second-order valence-corrected chi connectivity index (χ2v) is 5.19. The van der Waals surface area contributed by atoms with E-state index in [0.717, 1.165) is 5.56 Å². The second-order valence-electron chi connectivity index (χ2n) is 5.19. The van der Waals surface area contributed by atoms with E-state index < -0.39 is 30.8 Å². The lowest BCUT2D eigenvalue weighted by Crippen LogP contribution is -2.40. The molecule has 1 amide bonds. The SMILES string of the molecule is O=C(NCc1ccc2c(c1)OCCO2)C1CC(F)(F)CN1. The van der Waals surface area contributed by atoms with Crippen LogP contribution in [-0.4, -0.2) is 37.6 Å². The van der Waals surface area contributed by atoms with Gasteiger partial charge in [-0.2, -0.15) is 0 Å². The van der Waals surface area contributed by atoms with Crippen LogP contribution in [0.4, 0.5) is 8.78 Å². The average molecular weight is 298 g/mol. The summed E-state index contributed by atoms with van der Waals surface area (Å²) in [6.07, 6.45) is -0.458. The van der Waals surface area contributed by atoms with Gasteiger partial charge in [-0.15, -0.1) is 0 Å². The molecule has 21 heavy (non-hydrogen) atoms. The Balaban J connectivity index is 1.56. The Hall–Kier alpha value is -1.89. The number of ether oxygens (including phenoxy) is 2. The molecule has 2 aliphatic rings. The van der Waals surface area contributed by atoms with Crippen LogP contribution >= 0.6 is 0 Å². The highest BCUT2D eigenvalue weighted by molar-refractivity contribution is 5.82. The van der Waals surface area contributed by atoms with Crippen LogP contribution in [0.3, 0.4) is 0 Å². The summed E-state index contributed by atoms with van der Waals surface area (Å²) in [7, 11) is 0. The topological polar surface area (TPSA) is 59.6 Å². The molecular weight excluding hydrogens is 282 g/mol. The molecule has 5 nitrogen and oxygen atoms in total. The Morgan fingerprint density at radius 1 is 1.33 bits per heavy atom. The van der Waals surface area contributed by atoms with Crippen LogP contribution in [0.1, 0.15) is 12.0 Å². The molecular formula is C14H16F2N2O3. The summed E-state index contributed by atoms with van der Waals surface area (Å²) in [5, 5.41) is 5.18. The zero-order valence-electron chi connectivity index (χ0n) is 11.3. The molecule has 0 spiro atoms. The first kappa shape index (κ1) is 14.1. The van der Waals surface area contributed by atoms with Crippen molar-refractivity contribution in [1.29, 1.82) is 0 Å². The molecule has 2 N–H and O–H groups in total. The van der Waals surface area contributed by atoms with Crippen molar-refractivity contribution in [2.45, 2.75) is 24.9 Å². The van der Waals surface area contributed by atoms with Crippen LogP contribution in [0.25, 0.3) is 0 Å². The molecule has 1 aromatic carbocycles. The molecule has 7 heteroatoms. The minimum Gasteiger partial charge on any atom is -0.486 e. The summed E-state index contributed by atoms with van der Waals surface area (Å²) in [5.41, 5.74) is 0.831. The Bertz CT molecular complexity index is 551. The van der Waals surface area contributed by atoms with Gasteiger partial charge in [0, 0.05) is 13.0 Å². The van der Waals surface area contributed by atoms with Gasteiger partial charge in [-0.3, -0.25) is 10.1 Å². The van der Waals surface area contributed by atoms with Crippen LogP contribution in [0, 0.1) is 0 Å². The molecule has 0 aromatic heterocycles. The van der Waals surface area contributed by atoms with E-state index in [2.05, 4.69) is 10.6 Å². The number of amides is 1. The second kappa shape index (κ2) is 5.48. The van der Waals surface area contributed by atoms with E-state index >= 15 is 0 Å². The minimum absolute atomic E-state index is 0.263. The molecule has 1 unspecified atom stereocenters. The number of carbonyl (C=O) groups is 1. The van der Waals surface area contributed by atoms with Crippen LogP contribution in [0.2, 0.25) is 0 Å². The van der Waals surface area contributed by atoms with Crippen LogP contribution in [0.15, 0.2) is 18.2 Å². The maximum Gasteiger partial charge on any atom is 0.262 e. The average Bonchev–Trinajstić information content (AvgIpc) is 2.85. The number of rotatable bonds is 3. The minimum atomic E-state index is -2.81. The van der Waals surface area contributed by atoms with E-state index in [1.165, 1.54) is 0 Å². The highest BCUT2D eigenvalue weighted by Crippen LogP contribution is 2.30. The van der Waals surface area contributed by atoms with Crippen molar-refractivity contribution in [1.82, 2.24) is 10.6 Å². The van der Waals surface area contributed by atoms with Crippen molar-refractivity contribution in [3.8, 4) is 11.5 Å². The Kier molecular flexibility index (Phi) is 3.67. The normalized spacial score (nSPS) is 22.9. The molecule has 3 rings (SSSR count). The number of benzene rings is 1. The third kappa shape index (κ3) is 3.24. The van der Waals surface area contributed by atoms with Gasteiger partial charge in [-0.05, 0) is 17.7 Å². The molecule has 2 heterocycles. The van der Waals surface area contributed by atoms with E-state index in [4.69, 9.17) is 9.47 Å². The zero-order valence-corrected chi connectivity index (χ0v) is 11.3. The standard InChI is InChI=1S/C14H16F2N2O3/c15-14(16)6-10(18-8-14)13(19)17-7-9-1-2-11-12(5-9)21-4-3-20-11/h1-2,5,10,18H,3-4,6-8H2,(H,17,19). The fourth-order valence-electron chi connectivity index (χ4n) is 2.41. The predicted molar refractivity (Wildman–Crippen MR) is 70.6 cm³/mol. The number of halogens is 2. The van der Waals surface area contributed by atoms with Crippen LogP contribution < -0.4 is 20.1 Å². The van der Waals surface area contributed by atoms with Gasteiger partial charge in [-0.25, -0.2) is 8.78 Å². The number of fused-ring (bicyclic) bond motifs is 1. The molecule has 1 fully saturated rings. The van der Waals surface area contributed by atoms with Crippen LogP contribution in [-0.2, 0) is 11.3 Å². The molecule has 1 atom stereocenters. The largest absolute Gasteiger partial charge is 0.486 e. The summed E-state index contributed by atoms with van der Waals surface area (Å²) in [6, 6.07) is 4.53.